The molecule has 0 spiro atoms. The van der Waals surface area contributed by atoms with E-state index in [0.717, 1.165) is 32.3 Å². The van der Waals surface area contributed by atoms with Crippen molar-refractivity contribution >= 4 is 50.2 Å². The first-order chi connectivity index (χ1) is 26.5. The highest BCUT2D eigenvalue weighted by Crippen LogP contribution is 2.57. The van der Waals surface area contributed by atoms with Crippen molar-refractivity contribution in [2.75, 3.05) is 19.8 Å². The van der Waals surface area contributed by atoms with E-state index in [0.29, 0.717) is 53.8 Å². The lowest BCUT2D eigenvalue weighted by molar-refractivity contribution is -0.175. The first-order valence-electron chi connectivity index (χ1n) is 19.6. The van der Waals surface area contributed by atoms with E-state index in [4.69, 9.17) is 42.6 Å². The summed E-state index contributed by atoms with van der Waals surface area (Å²) in [6.45, 7) is 22.8. The minimum absolute atomic E-state index is 0.124. The number of carbonyl (C=O) groups is 3. The van der Waals surface area contributed by atoms with Crippen LogP contribution in [0.2, 0.25) is 0 Å². The maximum atomic E-state index is 11.7. The zero-order chi connectivity index (χ0) is 41.5. The first-order valence-corrected chi connectivity index (χ1v) is 19.6. The van der Waals surface area contributed by atoms with Gasteiger partial charge < -0.3 is 42.6 Å². The maximum Gasteiger partial charge on any atom is 0.302 e. The molecule has 0 unspecified atom stereocenters. The van der Waals surface area contributed by atoms with E-state index in [9.17, 15) is 14.4 Å². The minimum Gasteiger partial charge on any atom is -0.466 e. The van der Waals surface area contributed by atoms with Gasteiger partial charge in [0.2, 0.25) is 0 Å². The van der Waals surface area contributed by atoms with Crippen LogP contribution in [0.3, 0.4) is 0 Å². The van der Waals surface area contributed by atoms with Crippen molar-refractivity contribution in [1.29, 1.82) is 0 Å². The second-order valence-electron chi connectivity index (χ2n) is 18.4. The molecule has 0 saturated carbocycles. The van der Waals surface area contributed by atoms with Gasteiger partial charge in [-0.3, -0.25) is 14.4 Å². The molecule has 0 amide bonds. The van der Waals surface area contributed by atoms with Crippen LogP contribution in [0, 0.1) is 16.2 Å². The van der Waals surface area contributed by atoms with E-state index in [1.165, 1.54) is 20.8 Å². The highest BCUT2D eigenvalue weighted by Gasteiger charge is 2.54. The summed E-state index contributed by atoms with van der Waals surface area (Å²) >= 11 is 0. The molecular weight excluding hydrogens is 732 g/mol. The molecule has 12 nitrogen and oxygen atoms in total. The molecule has 0 aliphatic carbocycles. The van der Waals surface area contributed by atoms with Crippen molar-refractivity contribution in [3.63, 3.8) is 0 Å². The fraction of sp³-hybridized carbons (Fsp3) is 0.533. The Labute approximate surface area is 333 Å². The summed E-state index contributed by atoms with van der Waals surface area (Å²) in [5.41, 5.74) is -1.53. The number of esters is 3. The molecule has 4 aromatic carbocycles. The molecule has 0 bridgehead atoms. The topological polar surface area (TPSA) is 134 Å². The van der Waals surface area contributed by atoms with Crippen LogP contribution >= 0.6 is 0 Å². The first kappa shape index (κ1) is 40.1. The van der Waals surface area contributed by atoms with E-state index >= 15 is 0 Å². The van der Waals surface area contributed by atoms with Crippen LogP contribution in [0.5, 0.6) is 34.5 Å². The van der Waals surface area contributed by atoms with Crippen molar-refractivity contribution in [1.82, 2.24) is 0 Å². The molecule has 7 rings (SSSR count). The van der Waals surface area contributed by atoms with E-state index in [1.54, 1.807) is 0 Å². The molecule has 0 aromatic heterocycles. The Morgan fingerprint density at radius 1 is 0.404 bits per heavy atom. The van der Waals surface area contributed by atoms with Crippen LogP contribution in [0.1, 0.15) is 102 Å². The summed E-state index contributed by atoms with van der Waals surface area (Å²) in [4.78, 5) is 35.2. The standard InChI is InChI=1S/C45H54O12/c1-25(46)49-16-13-43(40(4,5)6)52-34-19-28-29(20-35(34)53-43)31-22-37-39(57-45(55-37,42(10,11)12)15-18-51-27(3)48)24-33(31)32-23-38-36(21-30(28)32)54-44(56-38,41(7,8)9)14-17-50-26(2)47/h19-24H,13-18H2,1-12H3. The third-order valence-corrected chi connectivity index (χ3v) is 11.4. The molecular formula is C45H54O12. The number of hydrogen-bond donors (Lipinski definition) is 0. The number of carbonyl (C=O) groups excluding carboxylic acids is 3. The second-order valence-corrected chi connectivity index (χ2v) is 18.4. The van der Waals surface area contributed by atoms with Gasteiger partial charge in [0, 0.05) is 37.0 Å². The van der Waals surface area contributed by atoms with E-state index in [1.807, 2.05) is 98.7 Å². The molecule has 0 radical (unpaired) electrons. The molecule has 57 heavy (non-hydrogen) atoms. The van der Waals surface area contributed by atoms with Gasteiger partial charge in [-0.1, -0.05) is 62.3 Å². The number of rotatable bonds is 9. The fourth-order valence-corrected chi connectivity index (χ4v) is 7.96. The highest BCUT2D eigenvalue weighted by molar-refractivity contribution is 6.27. The molecule has 3 aliphatic heterocycles. The Morgan fingerprint density at radius 2 is 0.579 bits per heavy atom. The van der Waals surface area contributed by atoms with Gasteiger partial charge in [0.25, 0.3) is 17.4 Å². The SMILES string of the molecule is CC(=O)OCCC1(C(C)(C)C)Oc2cc3c4cc5c(cc4c4cc6c(cc4c3cc2O1)OC(CCOC(C)=O)(C(C)(C)C)O6)OC(CCOC(C)=O)(C(C)(C)C)O5. The maximum absolute atomic E-state index is 11.7. The van der Waals surface area contributed by atoms with Crippen molar-refractivity contribution in [3.8, 4) is 34.5 Å². The Balaban J connectivity index is 1.43. The Morgan fingerprint density at radius 3 is 0.719 bits per heavy atom. The highest BCUT2D eigenvalue weighted by atomic mass is 16.8. The van der Waals surface area contributed by atoms with E-state index in [-0.39, 0.29) is 37.7 Å². The molecule has 0 fully saturated rings. The summed E-state index contributed by atoms with van der Waals surface area (Å²) in [6, 6.07) is 12.0. The Kier molecular flexibility index (Phi) is 9.48. The van der Waals surface area contributed by atoms with Crippen molar-refractivity contribution in [2.24, 2.45) is 16.2 Å². The molecule has 0 atom stereocenters. The zero-order valence-electron chi connectivity index (χ0n) is 35.1. The summed E-state index contributed by atoms with van der Waals surface area (Å²) in [6.07, 6.45) is 0.930. The lowest BCUT2D eigenvalue weighted by Crippen LogP contribution is -2.51. The normalized spacial score (nSPS) is 22.3. The van der Waals surface area contributed by atoms with Gasteiger partial charge in [-0.15, -0.1) is 0 Å². The third kappa shape index (κ3) is 6.88. The van der Waals surface area contributed by atoms with Crippen LogP contribution in [-0.2, 0) is 28.6 Å². The monoisotopic (exact) mass is 786 g/mol. The largest absolute Gasteiger partial charge is 0.466 e. The minimum atomic E-state index is -1.12. The molecule has 0 saturated heterocycles. The molecule has 3 heterocycles. The van der Waals surface area contributed by atoms with Gasteiger partial charge in [-0.05, 0) is 68.7 Å². The van der Waals surface area contributed by atoms with Crippen molar-refractivity contribution < 1.29 is 57.0 Å². The van der Waals surface area contributed by atoms with E-state index < -0.39 is 33.6 Å². The lowest BCUT2D eigenvalue weighted by atomic mass is 9.83. The summed E-state index contributed by atoms with van der Waals surface area (Å²) < 4.78 is 56.5. The van der Waals surface area contributed by atoms with Gasteiger partial charge >= 0.3 is 17.9 Å². The Hall–Kier alpha value is -5.13. The lowest BCUT2D eigenvalue weighted by Gasteiger charge is -2.39. The number of hydrogen-bond acceptors (Lipinski definition) is 12. The predicted molar refractivity (Wildman–Crippen MR) is 213 cm³/mol. The molecule has 0 N–H and O–H groups in total. The third-order valence-electron chi connectivity index (χ3n) is 11.4. The van der Waals surface area contributed by atoms with Crippen molar-refractivity contribution in [2.45, 2.75) is 120 Å². The molecule has 306 valence electrons. The quantitative estimate of drug-likeness (QED) is 0.0909. The molecule has 4 aromatic rings. The van der Waals surface area contributed by atoms with Gasteiger partial charge in [-0.2, -0.15) is 0 Å². The van der Waals surface area contributed by atoms with Crippen LogP contribution in [0.15, 0.2) is 36.4 Å². The van der Waals surface area contributed by atoms with Crippen LogP contribution in [0.25, 0.3) is 32.3 Å². The number of benzene rings is 4. The second kappa shape index (κ2) is 13.5. The smallest absolute Gasteiger partial charge is 0.302 e. The van der Waals surface area contributed by atoms with E-state index in [2.05, 4.69) is 0 Å². The van der Waals surface area contributed by atoms with Crippen LogP contribution in [0.4, 0.5) is 0 Å². The summed E-state index contributed by atoms with van der Waals surface area (Å²) in [5.74, 6) is -1.14. The number of ether oxygens (including phenoxy) is 9. The zero-order valence-corrected chi connectivity index (χ0v) is 35.1. The Bertz CT molecular complexity index is 1910. The van der Waals surface area contributed by atoms with Crippen molar-refractivity contribution in [3.05, 3.63) is 36.4 Å². The fourth-order valence-electron chi connectivity index (χ4n) is 7.96. The summed E-state index contributed by atoms with van der Waals surface area (Å²) in [7, 11) is 0. The molecule has 12 heteroatoms. The average molecular weight is 787 g/mol. The molecule has 3 aliphatic rings. The predicted octanol–water partition coefficient (Wildman–Crippen LogP) is 9.55. The number of fused-ring (bicyclic) bond motifs is 9. The van der Waals surface area contributed by atoms with Crippen LogP contribution in [-0.4, -0.2) is 55.1 Å². The summed E-state index contributed by atoms with van der Waals surface area (Å²) in [5, 5.41) is 5.25. The van der Waals surface area contributed by atoms with Gasteiger partial charge in [0.1, 0.15) is 0 Å². The average Bonchev–Trinajstić information content (AvgIpc) is 3.76. The van der Waals surface area contributed by atoms with Gasteiger partial charge in [-0.25, -0.2) is 0 Å². The van der Waals surface area contributed by atoms with Gasteiger partial charge in [0.15, 0.2) is 34.5 Å². The van der Waals surface area contributed by atoms with Crippen LogP contribution < -0.4 is 28.4 Å². The van der Waals surface area contributed by atoms with Gasteiger partial charge in [0.05, 0.1) is 39.1 Å².